The number of carbonyl (C=O) groups excluding carboxylic acids is 3. The molecule has 4 aliphatic carbocycles. The average Bonchev–Trinajstić information content (AvgIpc) is 4.20. The highest BCUT2D eigenvalue weighted by atomic mass is 32.2. The normalized spacial score (nSPS) is 32.6. The van der Waals surface area contributed by atoms with Gasteiger partial charge in [0.25, 0.3) is 5.91 Å². The molecule has 2 aliphatic heterocycles. The van der Waals surface area contributed by atoms with Crippen LogP contribution in [0.5, 0.6) is 11.6 Å². The molecule has 10 atom stereocenters. The predicted octanol–water partition coefficient (Wildman–Crippen LogP) is 6.04. The minimum atomic E-state index is -3.95. The number of fused-ring (bicyclic) bond motifs is 4. The number of rotatable bonds is 9. The SMILES string of the molecule is COc1ccc2c(O[C@@H]3C[C@H]4C(=O)N[C@]5(C(=O)NS(=O)(=O)C6CC6)C[C@H]5/C=C\CC[C@@H](C)C[C@@H](C)[C@H](N(C(=O)O)[C@H]5CC6C[C@H]6C5)C(=O)N4C3)nc(-c3ccc(F)cc3)cc2c1. The number of pyridine rings is 1. The maximum Gasteiger partial charge on any atom is 0.408 e. The van der Waals surface area contributed by atoms with Crippen LogP contribution in [0.25, 0.3) is 22.0 Å². The summed E-state index contributed by atoms with van der Waals surface area (Å²) in [5.41, 5.74) is -0.460. The molecule has 62 heavy (non-hydrogen) atoms. The van der Waals surface area contributed by atoms with Crippen molar-refractivity contribution in [1.82, 2.24) is 24.8 Å². The highest BCUT2D eigenvalue weighted by molar-refractivity contribution is 7.91. The van der Waals surface area contributed by atoms with Gasteiger partial charge in [-0.25, -0.2) is 22.6 Å². The van der Waals surface area contributed by atoms with Gasteiger partial charge in [-0.3, -0.25) is 24.0 Å². The van der Waals surface area contributed by atoms with Gasteiger partial charge in [0.1, 0.15) is 35.3 Å². The minimum Gasteiger partial charge on any atom is -0.497 e. The number of nitrogens with one attached hydrogen (secondary N) is 2. The Labute approximate surface area is 360 Å². The van der Waals surface area contributed by atoms with Crippen LogP contribution in [-0.2, 0) is 24.4 Å². The minimum absolute atomic E-state index is 0.0333. The Hall–Kier alpha value is -5.25. The van der Waals surface area contributed by atoms with E-state index in [0.717, 1.165) is 12.8 Å². The fourth-order valence-electron chi connectivity index (χ4n) is 10.4. The topological polar surface area (TPSA) is 185 Å². The molecule has 2 aromatic carbocycles. The van der Waals surface area contributed by atoms with E-state index in [4.69, 9.17) is 14.5 Å². The molecule has 330 valence electrons. The molecule has 0 spiro atoms. The Balaban J connectivity index is 1.10. The second-order valence-corrected chi connectivity index (χ2v) is 20.6. The Bertz CT molecular complexity index is 2420. The first-order valence-corrected chi connectivity index (χ1v) is 23.5. The van der Waals surface area contributed by atoms with Crippen molar-refractivity contribution >= 4 is 44.6 Å². The van der Waals surface area contributed by atoms with E-state index in [1.807, 2.05) is 31.2 Å². The van der Waals surface area contributed by atoms with E-state index in [-0.39, 0.29) is 37.2 Å². The number of benzene rings is 2. The molecule has 9 rings (SSSR count). The van der Waals surface area contributed by atoms with Gasteiger partial charge in [0, 0.05) is 29.3 Å². The monoisotopic (exact) mass is 871 g/mol. The number of carbonyl (C=O) groups is 4. The number of halogens is 1. The van der Waals surface area contributed by atoms with Gasteiger partial charge in [0.2, 0.25) is 27.7 Å². The number of nitrogens with zero attached hydrogens (tertiary/aromatic N) is 3. The molecule has 3 heterocycles. The number of allylic oxidation sites excluding steroid dienone is 1. The fourth-order valence-corrected chi connectivity index (χ4v) is 11.8. The van der Waals surface area contributed by atoms with Gasteiger partial charge >= 0.3 is 6.09 Å². The molecule has 1 unspecified atom stereocenters. The van der Waals surface area contributed by atoms with Crippen molar-refractivity contribution < 1.29 is 46.6 Å². The van der Waals surface area contributed by atoms with E-state index in [1.165, 1.54) is 21.9 Å². The molecule has 4 amide bonds. The molecule has 4 saturated carbocycles. The van der Waals surface area contributed by atoms with Gasteiger partial charge in [0.15, 0.2) is 0 Å². The lowest BCUT2D eigenvalue weighted by molar-refractivity contribution is -0.145. The van der Waals surface area contributed by atoms with Crippen molar-refractivity contribution in [2.75, 3.05) is 13.7 Å². The number of amides is 4. The molecular formula is C46H54FN5O9S. The molecule has 1 saturated heterocycles. The van der Waals surface area contributed by atoms with Gasteiger partial charge in [-0.05, 0) is 135 Å². The molecule has 3 aromatic rings. The summed E-state index contributed by atoms with van der Waals surface area (Å²) in [5, 5.41) is 14.5. The van der Waals surface area contributed by atoms with Crippen molar-refractivity contribution in [3.63, 3.8) is 0 Å². The summed E-state index contributed by atoms with van der Waals surface area (Å²) in [7, 11) is -2.40. The first kappa shape index (κ1) is 42.1. The summed E-state index contributed by atoms with van der Waals surface area (Å²) in [4.78, 5) is 65.2. The van der Waals surface area contributed by atoms with Crippen molar-refractivity contribution in [1.29, 1.82) is 0 Å². The van der Waals surface area contributed by atoms with Crippen molar-refractivity contribution in [3.8, 4) is 22.9 Å². The van der Waals surface area contributed by atoms with E-state index < -0.39 is 80.5 Å². The predicted molar refractivity (Wildman–Crippen MR) is 227 cm³/mol. The molecule has 3 N–H and O–H groups in total. The summed E-state index contributed by atoms with van der Waals surface area (Å²) in [5.74, 6) is -1.53. The van der Waals surface area contributed by atoms with Crippen LogP contribution in [0, 0.1) is 35.4 Å². The zero-order chi connectivity index (χ0) is 43.7. The molecule has 0 bridgehead atoms. The second-order valence-electron chi connectivity index (χ2n) is 18.7. The van der Waals surface area contributed by atoms with Crippen molar-refractivity contribution in [3.05, 3.63) is 66.5 Å². The lowest BCUT2D eigenvalue weighted by Gasteiger charge is -2.40. The van der Waals surface area contributed by atoms with Gasteiger partial charge in [-0.15, -0.1) is 0 Å². The average molecular weight is 872 g/mol. The third-order valence-electron chi connectivity index (χ3n) is 14.1. The summed E-state index contributed by atoms with van der Waals surface area (Å²) >= 11 is 0. The van der Waals surface area contributed by atoms with Crippen molar-refractivity contribution in [2.24, 2.45) is 29.6 Å². The highest BCUT2D eigenvalue weighted by Gasteiger charge is 2.62. The zero-order valence-electron chi connectivity index (χ0n) is 35.2. The Morgan fingerprint density at radius 2 is 1.74 bits per heavy atom. The molecule has 1 aromatic heterocycles. The van der Waals surface area contributed by atoms with E-state index in [9.17, 15) is 32.3 Å². The van der Waals surface area contributed by atoms with Crippen molar-refractivity contribution in [2.45, 2.75) is 113 Å². The fraction of sp³-hybridized carbons (Fsp3) is 0.543. The second kappa shape index (κ2) is 16.1. The number of carboxylic acid groups (broad SMARTS) is 1. The summed E-state index contributed by atoms with van der Waals surface area (Å²) in [6, 6.07) is 10.4. The third-order valence-corrected chi connectivity index (χ3v) is 15.9. The van der Waals surface area contributed by atoms with E-state index in [2.05, 4.69) is 17.0 Å². The third kappa shape index (κ3) is 8.22. The molecule has 5 fully saturated rings. The maximum atomic E-state index is 15.4. The van der Waals surface area contributed by atoms with Crippen LogP contribution in [0.15, 0.2) is 60.7 Å². The smallest absolute Gasteiger partial charge is 0.408 e. The van der Waals surface area contributed by atoms with E-state index >= 15 is 4.79 Å². The summed E-state index contributed by atoms with van der Waals surface area (Å²) in [6.45, 7) is 3.90. The summed E-state index contributed by atoms with van der Waals surface area (Å²) < 4.78 is 54.5. The van der Waals surface area contributed by atoms with E-state index in [0.29, 0.717) is 78.1 Å². The van der Waals surface area contributed by atoms with Gasteiger partial charge in [-0.1, -0.05) is 26.0 Å². The van der Waals surface area contributed by atoms with Crippen LogP contribution in [-0.4, -0.2) is 101 Å². The standard InChI is InChI=1S/C46H54FN5O9S/c1-25-6-4-5-7-31-23-46(31,44(55)50-62(58,59)36-13-14-36)49-41(53)39-22-35(24-51(39)43(54)40(26(2)16-25)52(45(56)57)33-18-28-17-29(28)19-33)61-42-37-15-12-34(60-3)20-30(37)21-38(48-42)27-8-10-32(47)11-9-27/h5,7-12,15,20-21,25-26,28-29,31,33,35-36,39-40H,4,6,13-14,16-19,22-24H2,1-3H3,(H,49,53)(H,50,55)(H,56,57)/b7-5-/t25-,26-,28+,29?,31-,33-,35-,39+,40+,46-/m1/s1. The number of hydrogen-bond donors (Lipinski definition) is 3. The number of hydrogen-bond acceptors (Lipinski definition) is 9. The first-order valence-electron chi connectivity index (χ1n) is 21.9. The Kier molecular flexibility index (Phi) is 11.0. The summed E-state index contributed by atoms with van der Waals surface area (Å²) in [6.07, 6.45) is 7.22. The van der Waals surface area contributed by atoms with Crippen LogP contribution >= 0.6 is 0 Å². The molecular weight excluding hydrogens is 818 g/mol. The molecule has 14 nitrogen and oxygen atoms in total. The van der Waals surface area contributed by atoms with Gasteiger partial charge in [-0.2, -0.15) is 0 Å². The number of methoxy groups -OCH3 is 1. The Morgan fingerprint density at radius 3 is 2.44 bits per heavy atom. The molecule has 0 radical (unpaired) electrons. The highest BCUT2D eigenvalue weighted by Crippen LogP contribution is 2.54. The van der Waals surface area contributed by atoms with Crippen LogP contribution in [0.1, 0.15) is 78.1 Å². The van der Waals surface area contributed by atoms with Crippen LogP contribution in [0.4, 0.5) is 9.18 Å². The van der Waals surface area contributed by atoms with Crippen LogP contribution < -0.4 is 19.5 Å². The van der Waals surface area contributed by atoms with E-state index in [1.54, 1.807) is 31.4 Å². The lowest BCUT2D eigenvalue weighted by Crippen LogP contribution is -2.61. The first-order chi connectivity index (χ1) is 29.6. The van der Waals surface area contributed by atoms with Crippen LogP contribution in [0.3, 0.4) is 0 Å². The molecule has 16 heteroatoms. The lowest BCUT2D eigenvalue weighted by atomic mass is 9.86. The zero-order valence-corrected chi connectivity index (χ0v) is 36.0. The number of aromatic nitrogens is 1. The Morgan fingerprint density at radius 1 is 1.00 bits per heavy atom. The van der Waals surface area contributed by atoms with Gasteiger partial charge in [0.05, 0.1) is 24.6 Å². The van der Waals surface area contributed by atoms with Crippen LogP contribution in [0.2, 0.25) is 0 Å². The number of ether oxygens (including phenoxy) is 2. The van der Waals surface area contributed by atoms with Gasteiger partial charge < -0.3 is 24.8 Å². The largest absolute Gasteiger partial charge is 0.497 e. The quantitative estimate of drug-likeness (QED) is 0.214. The maximum absolute atomic E-state index is 15.4. The molecule has 6 aliphatic rings. The number of sulfonamides is 1.